The zero-order valence-corrected chi connectivity index (χ0v) is 15.0. The van der Waals surface area contributed by atoms with E-state index in [4.69, 9.17) is 11.1 Å². The second-order valence-electron chi connectivity index (χ2n) is 5.51. The van der Waals surface area contributed by atoms with Crippen LogP contribution in [0.4, 0.5) is 0 Å². The van der Waals surface area contributed by atoms with Crippen molar-refractivity contribution in [2.24, 2.45) is 5.73 Å². The minimum Gasteiger partial charge on any atom is -0.468 e. The molecule has 0 saturated carbocycles. The number of nitrogens with zero attached hydrogens (tertiary/aromatic N) is 1. The van der Waals surface area contributed by atoms with Crippen molar-refractivity contribution < 1.29 is 9.53 Å². The fourth-order valence-electron chi connectivity index (χ4n) is 2.35. The van der Waals surface area contributed by atoms with Crippen LogP contribution in [-0.2, 0) is 9.53 Å². The number of imidazole rings is 1. The number of nitrogens with two attached hydrogens (primary N) is 1. The lowest BCUT2D eigenvalue weighted by Crippen LogP contribution is -2.10. The number of H-pyrrole nitrogens is 1. The lowest BCUT2D eigenvalue weighted by atomic mass is 10.1. The van der Waals surface area contributed by atoms with Crippen molar-refractivity contribution >= 4 is 23.6 Å². The molecule has 3 rings (SSSR count). The standard InChI is InChI=1S/C19H18N4O2S/c1-25-17(24)11-26-15-8-6-14(7-9-15)19-22-10-16(23-19)12-2-4-13(5-3-12)18(20)21/h2-10H,11H2,1H3,(H3,20,21)(H,22,23). The molecule has 132 valence electrons. The highest BCUT2D eigenvalue weighted by Gasteiger charge is 2.08. The van der Waals surface area contributed by atoms with Crippen LogP contribution in [-0.4, -0.2) is 34.6 Å². The monoisotopic (exact) mass is 366 g/mol. The molecule has 1 heterocycles. The third-order valence-corrected chi connectivity index (χ3v) is 4.77. The second-order valence-corrected chi connectivity index (χ2v) is 6.56. The van der Waals surface area contributed by atoms with Crippen LogP contribution in [0, 0.1) is 5.41 Å². The Morgan fingerprint density at radius 3 is 2.42 bits per heavy atom. The fourth-order valence-corrected chi connectivity index (χ4v) is 3.08. The number of benzene rings is 2. The Morgan fingerprint density at radius 1 is 1.15 bits per heavy atom. The second kappa shape index (κ2) is 7.88. The molecule has 0 saturated heterocycles. The molecular formula is C19H18N4O2S. The number of hydrogen-bond acceptors (Lipinski definition) is 5. The predicted octanol–water partition coefficient (Wildman–Crippen LogP) is 3.29. The molecular weight excluding hydrogens is 348 g/mol. The molecule has 0 spiro atoms. The average Bonchev–Trinajstić information content (AvgIpc) is 3.16. The quantitative estimate of drug-likeness (QED) is 0.269. The zero-order valence-electron chi connectivity index (χ0n) is 14.2. The van der Waals surface area contributed by atoms with E-state index in [2.05, 4.69) is 14.7 Å². The van der Waals surface area contributed by atoms with Gasteiger partial charge < -0.3 is 15.5 Å². The third-order valence-electron chi connectivity index (χ3n) is 3.78. The van der Waals surface area contributed by atoms with Gasteiger partial charge in [-0.3, -0.25) is 10.2 Å². The summed E-state index contributed by atoms with van der Waals surface area (Å²) in [5, 5.41) is 7.44. The molecule has 0 bridgehead atoms. The van der Waals surface area contributed by atoms with Crippen LogP contribution in [0.5, 0.6) is 0 Å². The molecule has 6 nitrogen and oxygen atoms in total. The van der Waals surface area contributed by atoms with Crippen molar-refractivity contribution in [2.75, 3.05) is 12.9 Å². The Kier molecular flexibility index (Phi) is 5.38. The highest BCUT2D eigenvalue weighted by Crippen LogP contribution is 2.25. The predicted molar refractivity (Wildman–Crippen MR) is 103 cm³/mol. The van der Waals surface area contributed by atoms with Gasteiger partial charge in [-0.1, -0.05) is 36.4 Å². The zero-order chi connectivity index (χ0) is 18.5. The normalized spacial score (nSPS) is 10.5. The van der Waals surface area contributed by atoms with Crippen molar-refractivity contribution in [2.45, 2.75) is 4.90 Å². The number of carbonyl (C=O) groups excluding carboxylic acids is 1. The Labute approximate surface area is 155 Å². The maximum atomic E-state index is 11.2. The smallest absolute Gasteiger partial charge is 0.315 e. The van der Waals surface area contributed by atoms with Gasteiger partial charge in [-0.15, -0.1) is 11.8 Å². The van der Waals surface area contributed by atoms with Crippen molar-refractivity contribution in [3.8, 4) is 22.6 Å². The molecule has 0 atom stereocenters. The molecule has 1 aromatic heterocycles. The summed E-state index contributed by atoms with van der Waals surface area (Å²) in [4.78, 5) is 20.0. The molecule has 7 heteroatoms. The van der Waals surface area contributed by atoms with Gasteiger partial charge in [-0.2, -0.15) is 0 Å². The number of rotatable bonds is 6. The average molecular weight is 366 g/mol. The van der Waals surface area contributed by atoms with Crippen LogP contribution in [0.1, 0.15) is 5.56 Å². The summed E-state index contributed by atoms with van der Waals surface area (Å²) in [7, 11) is 1.38. The van der Waals surface area contributed by atoms with Crippen molar-refractivity contribution in [1.82, 2.24) is 9.97 Å². The number of ether oxygens (including phenoxy) is 1. The van der Waals surface area contributed by atoms with E-state index < -0.39 is 0 Å². The van der Waals surface area contributed by atoms with E-state index in [1.165, 1.54) is 18.9 Å². The highest BCUT2D eigenvalue weighted by molar-refractivity contribution is 8.00. The fraction of sp³-hybridized carbons (Fsp3) is 0.105. The molecule has 2 aromatic carbocycles. The first-order chi connectivity index (χ1) is 12.6. The summed E-state index contributed by atoms with van der Waals surface area (Å²) >= 11 is 1.43. The van der Waals surface area contributed by atoms with Gasteiger partial charge in [-0.05, 0) is 12.1 Å². The number of esters is 1. The first-order valence-electron chi connectivity index (χ1n) is 7.87. The number of carbonyl (C=O) groups is 1. The molecule has 0 radical (unpaired) electrons. The van der Waals surface area contributed by atoms with Crippen LogP contribution in [0.25, 0.3) is 22.6 Å². The number of aromatic nitrogens is 2. The van der Waals surface area contributed by atoms with Crippen LogP contribution >= 0.6 is 11.8 Å². The van der Waals surface area contributed by atoms with Crippen LogP contribution in [0.2, 0.25) is 0 Å². The lowest BCUT2D eigenvalue weighted by Gasteiger charge is -2.02. The summed E-state index contributed by atoms with van der Waals surface area (Å²) in [6.07, 6.45) is 1.85. The molecule has 0 aliphatic rings. The van der Waals surface area contributed by atoms with E-state index in [1.807, 2.05) is 42.6 Å². The highest BCUT2D eigenvalue weighted by atomic mass is 32.2. The SMILES string of the molecule is COC(=O)CSc1ccc(-c2nc(-c3ccc(C(=N)N)cc3)c[nH]2)cc1. The number of amidine groups is 1. The number of methoxy groups -OCH3 is 1. The Balaban J connectivity index is 1.73. The number of thioether (sulfide) groups is 1. The van der Waals surface area contributed by atoms with Crippen LogP contribution < -0.4 is 5.73 Å². The topological polar surface area (TPSA) is 105 Å². The van der Waals surface area contributed by atoms with Crippen molar-refractivity contribution in [3.63, 3.8) is 0 Å². The van der Waals surface area contributed by atoms with E-state index in [9.17, 15) is 4.79 Å². The first kappa shape index (κ1) is 17.8. The van der Waals surface area contributed by atoms with Gasteiger partial charge in [-0.25, -0.2) is 4.98 Å². The maximum absolute atomic E-state index is 11.2. The Morgan fingerprint density at radius 2 is 1.81 bits per heavy atom. The number of nitrogen functional groups attached to an aromatic ring is 1. The van der Waals surface area contributed by atoms with Gasteiger partial charge in [0.1, 0.15) is 11.7 Å². The van der Waals surface area contributed by atoms with E-state index >= 15 is 0 Å². The molecule has 0 unspecified atom stereocenters. The lowest BCUT2D eigenvalue weighted by molar-refractivity contribution is -0.137. The Bertz CT molecular complexity index is 917. The minimum absolute atomic E-state index is 0.0458. The summed E-state index contributed by atoms with van der Waals surface area (Å²) in [5.41, 5.74) is 8.88. The van der Waals surface area contributed by atoms with E-state index in [1.54, 1.807) is 12.1 Å². The van der Waals surface area contributed by atoms with Crippen molar-refractivity contribution in [3.05, 3.63) is 60.3 Å². The minimum atomic E-state index is -0.245. The van der Waals surface area contributed by atoms with Gasteiger partial charge in [0, 0.05) is 27.8 Å². The largest absolute Gasteiger partial charge is 0.468 e. The summed E-state index contributed by atoms with van der Waals surface area (Å²) in [6.45, 7) is 0. The van der Waals surface area contributed by atoms with Gasteiger partial charge in [0.05, 0.1) is 18.6 Å². The van der Waals surface area contributed by atoms with Crippen LogP contribution in [0.3, 0.4) is 0 Å². The van der Waals surface area contributed by atoms with Crippen LogP contribution in [0.15, 0.2) is 59.6 Å². The number of nitrogens with one attached hydrogen (secondary N) is 2. The summed E-state index contributed by atoms with van der Waals surface area (Å²) in [5.74, 6) is 0.854. The van der Waals surface area contributed by atoms with Gasteiger partial charge in [0.2, 0.25) is 0 Å². The Hall–Kier alpha value is -3.06. The van der Waals surface area contributed by atoms with E-state index in [0.29, 0.717) is 5.56 Å². The number of aromatic amines is 1. The van der Waals surface area contributed by atoms with Crippen molar-refractivity contribution in [1.29, 1.82) is 5.41 Å². The third kappa shape index (κ3) is 4.12. The molecule has 0 aliphatic carbocycles. The van der Waals surface area contributed by atoms with E-state index in [-0.39, 0.29) is 17.6 Å². The van der Waals surface area contributed by atoms with Gasteiger partial charge in [0.15, 0.2) is 0 Å². The summed E-state index contributed by atoms with van der Waals surface area (Å²) < 4.78 is 4.64. The first-order valence-corrected chi connectivity index (χ1v) is 8.85. The molecule has 0 fully saturated rings. The van der Waals surface area contributed by atoms with E-state index in [0.717, 1.165) is 27.5 Å². The molecule has 4 N–H and O–H groups in total. The molecule has 26 heavy (non-hydrogen) atoms. The van der Waals surface area contributed by atoms with Gasteiger partial charge in [0.25, 0.3) is 0 Å². The molecule has 0 amide bonds. The number of hydrogen-bond donors (Lipinski definition) is 3. The summed E-state index contributed by atoms with van der Waals surface area (Å²) in [6, 6.07) is 15.2. The van der Waals surface area contributed by atoms with Gasteiger partial charge >= 0.3 is 5.97 Å². The molecule has 3 aromatic rings. The maximum Gasteiger partial charge on any atom is 0.315 e. The molecule has 0 aliphatic heterocycles.